The first kappa shape index (κ1) is 21.6. The Kier molecular flexibility index (Phi) is 6.58. The van der Waals surface area contributed by atoms with Gasteiger partial charge in [0, 0.05) is 28.9 Å². The summed E-state index contributed by atoms with van der Waals surface area (Å²) in [5, 5.41) is 5.41. The van der Waals surface area contributed by atoms with E-state index in [1.54, 1.807) is 52.0 Å². The summed E-state index contributed by atoms with van der Waals surface area (Å²) in [6.07, 6.45) is 0.343. The Labute approximate surface area is 165 Å². The molecule has 0 aliphatic heterocycles. The van der Waals surface area contributed by atoms with Crippen LogP contribution >= 0.6 is 0 Å². The molecule has 2 amide bonds. The molecule has 0 spiro atoms. The van der Waals surface area contributed by atoms with Gasteiger partial charge in [-0.2, -0.15) is 0 Å². The van der Waals surface area contributed by atoms with E-state index in [9.17, 15) is 18.0 Å². The van der Waals surface area contributed by atoms with Crippen LogP contribution in [-0.4, -0.2) is 25.8 Å². The average Bonchev–Trinajstić information content (AvgIpc) is 2.60. The Balaban J connectivity index is 2.11. The minimum absolute atomic E-state index is 0.115. The van der Waals surface area contributed by atoms with Gasteiger partial charge < -0.3 is 10.6 Å². The van der Waals surface area contributed by atoms with Crippen LogP contribution in [0.25, 0.3) is 0 Å². The fourth-order valence-electron chi connectivity index (χ4n) is 2.37. The number of carbonyl (C=O) groups excluding carboxylic acids is 2. The minimum atomic E-state index is -3.64. The molecule has 2 aromatic rings. The highest BCUT2D eigenvalue weighted by atomic mass is 32.2. The molecule has 2 rings (SSSR count). The average molecular weight is 404 g/mol. The van der Waals surface area contributed by atoms with Crippen molar-refractivity contribution >= 4 is 33.2 Å². The number of anilines is 2. The van der Waals surface area contributed by atoms with Gasteiger partial charge in [0.2, 0.25) is 15.9 Å². The molecule has 0 bridgehead atoms. The van der Waals surface area contributed by atoms with Gasteiger partial charge in [0.15, 0.2) is 0 Å². The third-order valence-electron chi connectivity index (χ3n) is 3.59. The summed E-state index contributed by atoms with van der Waals surface area (Å²) in [5.74, 6) is -0.505. The molecule has 8 heteroatoms. The predicted molar refractivity (Wildman–Crippen MR) is 110 cm³/mol. The summed E-state index contributed by atoms with van der Waals surface area (Å²) >= 11 is 0. The zero-order chi connectivity index (χ0) is 20.9. The van der Waals surface area contributed by atoms with Gasteiger partial charge >= 0.3 is 0 Å². The van der Waals surface area contributed by atoms with E-state index in [2.05, 4.69) is 15.4 Å². The van der Waals surface area contributed by atoms with Crippen LogP contribution in [-0.2, 0) is 14.8 Å². The quantitative estimate of drug-likeness (QED) is 0.688. The first-order valence-corrected chi connectivity index (χ1v) is 10.3. The maximum absolute atomic E-state index is 12.4. The number of sulfonamides is 1. The van der Waals surface area contributed by atoms with Crippen LogP contribution < -0.4 is 15.4 Å². The lowest BCUT2D eigenvalue weighted by Gasteiger charge is -2.20. The Morgan fingerprint density at radius 1 is 0.929 bits per heavy atom. The smallest absolute Gasteiger partial charge is 0.255 e. The first-order valence-electron chi connectivity index (χ1n) is 8.85. The van der Waals surface area contributed by atoms with Crippen LogP contribution in [0.5, 0.6) is 0 Å². The van der Waals surface area contributed by atoms with Crippen LogP contribution in [0.1, 0.15) is 44.5 Å². The molecule has 0 saturated carbocycles. The van der Waals surface area contributed by atoms with E-state index in [4.69, 9.17) is 0 Å². The van der Waals surface area contributed by atoms with Gasteiger partial charge in [-0.05, 0) is 63.2 Å². The molecule has 7 nitrogen and oxygen atoms in total. The number of carbonyl (C=O) groups is 2. The third-order valence-corrected chi connectivity index (χ3v) is 5.37. The Hall–Kier alpha value is -2.71. The van der Waals surface area contributed by atoms with E-state index in [0.29, 0.717) is 23.4 Å². The van der Waals surface area contributed by atoms with E-state index in [1.807, 2.05) is 0 Å². The van der Waals surface area contributed by atoms with Crippen molar-refractivity contribution in [3.8, 4) is 0 Å². The predicted octanol–water partition coefficient (Wildman–Crippen LogP) is 3.36. The number of nitrogens with one attached hydrogen (secondary N) is 3. The highest BCUT2D eigenvalue weighted by molar-refractivity contribution is 7.89. The second-order valence-electron chi connectivity index (χ2n) is 7.32. The van der Waals surface area contributed by atoms with Gasteiger partial charge in [0.05, 0.1) is 4.90 Å². The van der Waals surface area contributed by atoms with Crippen molar-refractivity contribution in [1.29, 1.82) is 0 Å². The molecule has 0 unspecified atom stereocenters. The largest absolute Gasteiger partial charge is 0.326 e. The highest BCUT2D eigenvalue weighted by Gasteiger charge is 2.21. The zero-order valence-electron chi connectivity index (χ0n) is 16.4. The third kappa shape index (κ3) is 6.17. The summed E-state index contributed by atoms with van der Waals surface area (Å²) in [7, 11) is -3.64. The molecule has 0 aromatic heterocycles. The summed E-state index contributed by atoms with van der Waals surface area (Å²) in [6.45, 7) is 7.02. The van der Waals surface area contributed by atoms with Crippen LogP contribution in [0.2, 0.25) is 0 Å². The van der Waals surface area contributed by atoms with Gasteiger partial charge in [-0.3, -0.25) is 9.59 Å². The number of hydrogen-bond acceptors (Lipinski definition) is 4. The maximum Gasteiger partial charge on any atom is 0.255 e. The van der Waals surface area contributed by atoms with Crippen LogP contribution in [0.3, 0.4) is 0 Å². The van der Waals surface area contributed by atoms with Crippen molar-refractivity contribution in [2.24, 2.45) is 0 Å². The number of benzene rings is 2. The molecule has 0 heterocycles. The van der Waals surface area contributed by atoms with Crippen molar-refractivity contribution in [3.05, 3.63) is 54.1 Å². The summed E-state index contributed by atoms with van der Waals surface area (Å²) in [6, 6.07) is 12.5. The van der Waals surface area contributed by atoms with Gasteiger partial charge in [-0.25, -0.2) is 13.1 Å². The van der Waals surface area contributed by atoms with Gasteiger partial charge in [-0.1, -0.05) is 13.0 Å². The molecular formula is C20H25N3O4S. The van der Waals surface area contributed by atoms with E-state index in [-0.39, 0.29) is 16.7 Å². The molecule has 0 radical (unpaired) electrons. The van der Waals surface area contributed by atoms with E-state index in [0.717, 1.165) is 0 Å². The van der Waals surface area contributed by atoms with Crippen LogP contribution in [0.4, 0.5) is 11.4 Å². The Morgan fingerprint density at radius 3 is 2.14 bits per heavy atom. The first-order chi connectivity index (χ1) is 13.0. The normalized spacial score (nSPS) is 11.7. The van der Waals surface area contributed by atoms with E-state index in [1.165, 1.54) is 24.3 Å². The molecular weight excluding hydrogens is 378 g/mol. The van der Waals surface area contributed by atoms with E-state index < -0.39 is 15.6 Å². The minimum Gasteiger partial charge on any atom is -0.326 e. The molecule has 0 aliphatic rings. The molecule has 0 aliphatic carbocycles. The monoisotopic (exact) mass is 403 g/mol. The molecule has 0 fully saturated rings. The zero-order valence-corrected chi connectivity index (χ0v) is 17.2. The summed E-state index contributed by atoms with van der Waals surface area (Å²) in [5.41, 5.74) is 0.779. The van der Waals surface area contributed by atoms with Gasteiger partial charge in [0.1, 0.15) is 0 Å². The Morgan fingerprint density at radius 2 is 1.57 bits per heavy atom. The van der Waals surface area contributed by atoms with Crippen molar-refractivity contribution < 1.29 is 18.0 Å². The lowest BCUT2D eigenvalue weighted by Crippen LogP contribution is -2.40. The molecule has 0 atom stereocenters. The maximum atomic E-state index is 12.4. The summed E-state index contributed by atoms with van der Waals surface area (Å²) < 4.78 is 27.2. The summed E-state index contributed by atoms with van der Waals surface area (Å²) in [4.78, 5) is 24.0. The fraction of sp³-hybridized carbons (Fsp3) is 0.300. The standard InChI is InChI=1S/C20H25N3O4S/c1-5-18(24)21-16-8-6-7-14(13-16)19(25)22-15-9-11-17(12-10-15)28(26,27)23-20(2,3)4/h6-13,23H,5H2,1-4H3,(H,21,24)(H,22,25). The molecule has 28 heavy (non-hydrogen) atoms. The number of amides is 2. The second-order valence-corrected chi connectivity index (χ2v) is 9.00. The topological polar surface area (TPSA) is 104 Å². The lowest BCUT2D eigenvalue weighted by molar-refractivity contribution is -0.115. The van der Waals surface area contributed by atoms with Crippen molar-refractivity contribution in [3.63, 3.8) is 0 Å². The molecule has 3 N–H and O–H groups in total. The second kappa shape index (κ2) is 8.53. The van der Waals surface area contributed by atoms with E-state index >= 15 is 0 Å². The van der Waals surface area contributed by atoms with Crippen molar-refractivity contribution in [1.82, 2.24) is 4.72 Å². The van der Waals surface area contributed by atoms with Gasteiger partial charge in [-0.15, -0.1) is 0 Å². The molecule has 2 aromatic carbocycles. The highest BCUT2D eigenvalue weighted by Crippen LogP contribution is 2.18. The number of hydrogen-bond donors (Lipinski definition) is 3. The van der Waals surface area contributed by atoms with Crippen LogP contribution in [0, 0.1) is 0 Å². The van der Waals surface area contributed by atoms with Crippen molar-refractivity contribution in [2.45, 2.75) is 44.6 Å². The Bertz CT molecular complexity index is 962. The SMILES string of the molecule is CCC(=O)Nc1cccc(C(=O)Nc2ccc(S(=O)(=O)NC(C)(C)C)cc2)c1. The molecule has 150 valence electrons. The molecule has 0 saturated heterocycles. The lowest BCUT2D eigenvalue weighted by atomic mass is 10.1. The number of rotatable bonds is 6. The van der Waals surface area contributed by atoms with Crippen molar-refractivity contribution in [2.75, 3.05) is 10.6 Å². The van der Waals surface area contributed by atoms with Crippen LogP contribution in [0.15, 0.2) is 53.4 Å². The fourth-order valence-corrected chi connectivity index (χ4v) is 3.79. The van der Waals surface area contributed by atoms with Gasteiger partial charge in [0.25, 0.3) is 5.91 Å².